The number of rotatable bonds is 9. The van der Waals surface area contributed by atoms with E-state index in [4.69, 9.17) is 4.74 Å². The predicted octanol–water partition coefficient (Wildman–Crippen LogP) is 2.33. The number of urea groups is 1. The Morgan fingerprint density at radius 2 is 1.94 bits per heavy atom. The zero-order chi connectivity index (χ0) is 22.1. The highest BCUT2D eigenvalue weighted by atomic mass is 16.5. The van der Waals surface area contributed by atoms with Gasteiger partial charge < -0.3 is 20.1 Å². The summed E-state index contributed by atoms with van der Waals surface area (Å²) in [4.78, 5) is 29.4. The number of likely N-dealkylation sites (N-methyl/N-ethyl adjacent to an activating group) is 1. The Kier molecular flexibility index (Phi) is 7.91. The number of carbonyl (C=O) groups is 1. The van der Waals surface area contributed by atoms with Gasteiger partial charge in [-0.25, -0.2) is 14.6 Å². The molecule has 0 aliphatic carbocycles. The Morgan fingerprint density at radius 3 is 2.71 bits per heavy atom. The van der Waals surface area contributed by atoms with Gasteiger partial charge in [0, 0.05) is 25.1 Å². The van der Waals surface area contributed by atoms with Gasteiger partial charge in [0.25, 0.3) is 0 Å². The standard InChI is InChI=1S/C23H26N4O4/c1-26(15-21(28)17-31-16-18-7-3-2-4-8-18)23(30)25-20-10-5-9-19(13-20)14-27-12-6-11-24-22(27)29/h2-13,21,28H,14-17H2,1H3,(H,25,30)/t21-/m0/s1. The minimum Gasteiger partial charge on any atom is -0.389 e. The number of aliphatic hydroxyl groups is 1. The van der Waals surface area contributed by atoms with Crippen LogP contribution in [0.4, 0.5) is 10.5 Å². The monoisotopic (exact) mass is 422 g/mol. The molecule has 1 atom stereocenters. The summed E-state index contributed by atoms with van der Waals surface area (Å²) in [5.74, 6) is 0. The summed E-state index contributed by atoms with van der Waals surface area (Å²) in [5.41, 5.74) is 2.14. The van der Waals surface area contributed by atoms with Crippen molar-refractivity contribution in [3.8, 4) is 0 Å². The summed E-state index contributed by atoms with van der Waals surface area (Å²) >= 11 is 0. The molecular weight excluding hydrogens is 396 g/mol. The molecule has 0 fully saturated rings. The molecule has 0 aliphatic rings. The van der Waals surface area contributed by atoms with Crippen molar-refractivity contribution < 1.29 is 14.6 Å². The van der Waals surface area contributed by atoms with Crippen LogP contribution in [-0.4, -0.2) is 51.9 Å². The lowest BCUT2D eigenvalue weighted by molar-refractivity contribution is 0.0188. The fourth-order valence-electron chi connectivity index (χ4n) is 3.01. The maximum atomic E-state index is 12.5. The zero-order valence-corrected chi connectivity index (χ0v) is 17.3. The lowest BCUT2D eigenvalue weighted by Gasteiger charge is -2.21. The fraction of sp³-hybridized carbons (Fsp3) is 0.261. The minimum absolute atomic E-state index is 0.127. The highest BCUT2D eigenvalue weighted by Gasteiger charge is 2.14. The van der Waals surface area contributed by atoms with E-state index in [-0.39, 0.29) is 24.9 Å². The quantitative estimate of drug-likeness (QED) is 0.552. The number of nitrogens with one attached hydrogen (secondary N) is 1. The number of aromatic nitrogens is 2. The van der Waals surface area contributed by atoms with Crippen LogP contribution < -0.4 is 11.0 Å². The van der Waals surface area contributed by atoms with Gasteiger partial charge in [-0.3, -0.25) is 4.57 Å². The van der Waals surface area contributed by atoms with E-state index in [0.717, 1.165) is 11.1 Å². The van der Waals surface area contributed by atoms with E-state index in [9.17, 15) is 14.7 Å². The number of anilines is 1. The summed E-state index contributed by atoms with van der Waals surface area (Å²) < 4.78 is 7.01. The average Bonchev–Trinajstić information content (AvgIpc) is 2.76. The summed E-state index contributed by atoms with van der Waals surface area (Å²) in [5, 5.41) is 13.0. The number of nitrogens with zero attached hydrogens (tertiary/aromatic N) is 3. The van der Waals surface area contributed by atoms with Gasteiger partial charge in [-0.05, 0) is 29.3 Å². The van der Waals surface area contributed by atoms with Crippen molar-refractivity contribution in [3.05, 3.63) is 94.7 Å². The molecule has 162 valence electrons. The lowest BCUT2D eigenvalue weighted by Crippen LogP contribution is -2.38. The van der Waals surface area contributed by atoms with Crippen molar-refractivity contribution in [1.29, 1.82) is 0 Å². The predicted molar refractivity (Wildman–Crippen MR) is 118 cm³/mol. The average molecular weight is 422 g/mol. The number of benzene rings is 2. The smallest absolute Gasteiger partial charge is 0.347 e. The van der Waals surface area contributed by atoms with Crippen LogP contribution in [0.5, 0.6) is 0 Å². The number of aliphatic hydroxyl groups excluding tert-OH is 1. The maximum Gasteiger partial charge on any atom is 0.347 e. The molecular formula is C23H26N4O4. The van der Waals surface area contributed by atoms with E-state index in [1.54, 1.807) is 37.5 Å². The highest BCUT2D eigenvalue weighted by Crippen LogP contribution is 2.12. The molecule has 0 saturated carbocycles. The third kappa shape index (κ3) is 7.06. The fourth-order valence-corrected chi connectivity index (χ4v) is 3.01. The highest BCUT2D eigenvalue weighted by molar-refractivity contribution is 5.89. The second kappa shape index (κ2) is 11.1. The third-order valence-corrected chi connectivity index (χ3v) is 4.57. The van der Waals surface area contributed by atoms with Crippen LogP contribution in [-0.2, 0) is 17.9 Å². The molecule has 0 unspecified atom stereocenters. The van der Waals surface area contributed by atoms with Crippen LogP contribution in [0.1, 0.15) is 11.1 Å². The number of ether oxygens (including phenoxy) is 1. The molecule has 8 heteroatoms. The first kappa shape index (κ1) is 22.2. The molecule has 1 heterocycles. The molecule has 0 spiro atoms. The van der Waals surface area contributed by atoms with Crippen molar-refractivity contribution in [3.63, 3.8) is 0 Å². The molecule has 2 N–H and O–H groups in total. The molecule has 0 saturated heterocycles. The molecule has 0 aliphatic heterocycles. The lowest BCUT2D eigenvalue weighted by atomic mass is 10.2. The Balaban J connectivity index is 1.47. The van der Waals surface area contributed by atoms with Gasteiger partial charge in [-0.1, -0.05) is 42.5 Å². The summed E-state index contributed by atoms with van der Waals surface area (Å²) in [6, 6.07) is 18.3. The Hall–Kier alpha value is -3.49. The van der Waals surface area contributed by atoms with Gasteiger partial charge >= 0.3 is 11.7 Å². The van der Waals surface area contributed by atoms with E-state index in [0.29, 0.717) is 18.8 Å². The molecule has 3 rings (SSSR count). The first-order valence-electron chi connectivity index (χ1n) is 9.93. The Bertz CT molecular complexity index is 1040. The Labute approximate surface area is 180 Å². The summed E-state index contributed by atoms with van der Waals surface area (Å²) in [7, 11) is 1.61. The van der Waals surface area contributed by atoms with Gasteiger partial charge in [-0.15, -0.1) is 0 Å². The van der Waals surface area contributed by atoms with Crippen LogP contribution in [0.25, 0.3) is 0 Å². The molecule has 2 amide bonds. The molecule has 8 nitrogen and oxygen atoms in total. The zero-order valence-electron chi connectivity index (χ0n) is 17.3. The summed E-state index contributed by atoms with van der Waals surface area (Å²) in [6.45, 7) is 1.01. The van der Waals surface area contributed by atoms with Gasteiger partial charge in [-0.2, -0.15) is 0 Å². The number of hydrogen-bond acceptors (Lipinski definition) is 5. The van der Waals surface area contributed by atoms with Gasteiger partial charge in [0.2, 0.25) is 0 Å². The van der Waals surface area contributed by atoms with E-state index in [1.165, 1.54) is 15.7 Å². The maximum absolute atomic E-state index is 12.5. The molecule has 31 heavy (non-hydrogen) atoms. The van der Waals surface area contributed by atoms with E-state index >= 15 is 0 Å². The SMILES string of the molecule is CN(C[C@H](O)COCc1ccccc1)C(=O)Nc1cccc(Cn2cccnc2=O)c1. The van der Waals surface area contributed by atoms with Crippen LogP contribution in [0, 0.1) is 0 Å². The van der Waals surface area contributed by atoms with Crippen molar-refractivity contribution in [2.75, 3.05) is 25.5 Å². The number of carbonyl (C=O) groups excluding carboxylic acids is 1. The molecule has 0 radical (unpaired) electrons. The number of amides is 2. The summed E-state index contributed by atoms with van der Waals surface area (Å²) in [6.07, 6.45) is 2.31. The Morgan fingerprint density at radius 1 is 1.16 bits per heavy atom. The second-order valence-corrected chi connectivity index (χ2v) is 7.20. The normalized spacial score (nSPS) is 11.7. The van der Waals surface area contributed by atoms with E-state index in [2.05, 4.69) is 10.3 Å². The van der Waals surface area contributed by atoms with Crippen LogP contribution in [0.3, 0.4) is 0 Å². The van der Waals surface area contributed by atoms with Crippen LogP contribution >= 0.6 is 0 Å². The molecule has 3 aromatic rings. The van der Waals surface area contributed by atoms with Gasteiger partial charge in [0.1, 0.15) is 0 Å². The van der Waals surface area contributed by atoms with Crippen LogP contribution in [0.15, 0.2) is 77.9 Å². The first-order chi connectivity index (χ1) is 15.0. The second-order valence-electron chi connectivity index (χ2n) is 7.20. The molecule has 0 bridgehead atoms. The molecule has 2 aromatic carbocycles. The van der Waals surface area contributed by atoms with Crippen molar-refractivity contribution in [2.24, 2.45) is 0 Å². The molecule has 1 aromatic heterocycles. The van der Waals surface area contributed by atoms with E-state index < -0.39 is 6.10 Å². The van der Waals surface area contributed by atoms with Gasteiger partial charge in [0.05, 0.1) is 32.4 Å². The minimum atomic E-state index is -0.803. The van der Waals surface area contributed by atoms with Crippen molar-refractivity contribution >= 4 is 11.7 Å². The number of hydrogen-bond donors (Lipinski definition) is 2. The van der Waals surface area contributed by atoms with Gasteiger partial charge in [0.15, 0.2) is 0 Å². The van der Waals surface area contributed by atoms with Crippen LogP contribution in [0.2, 0.25) is 0 Å². The largest absolute Gasteiger partial charge is 0.389 e. The third-order valence-electron chi connectivity index (χ3n) is 4.57. The van der Waals surface area contributed by atoms with Crippen molar-refractivity contribution in [1.82, 2.24) is 14.5 Å². The topological polar surface area (TPSA) is 96.7 Å². The van der Waals surface area contributed by atoms with E-state index in [1.807, 2.05) is 36.4 Å². The first-order valence-corrected chi connectivity index (χ1v) is 9.93. The van der Waals surface area contributed by atoms with Crippen molar-refractivity contribution in [2.45, 2.75) is 19.3 Å².